The van der Waals surface area contributed by atoms with Crippen LogP contribution in [0.4, 0.5) is 0 Å². The molecule has 0 spiro atoms. The number of hydrogen-bond donors (Lipinski definition) is 2. The van der Waals surface area contributed by atoms with Crippen molar-refractivity contribution in [3.05, 3.63) is 99.6 Å². The summed E-state index contributed by atoms with van der Waals surface area (Å²) in [5.74, 6) is 1.81. The summed E-state index contributed by atoms with van der Waals surface area (Å²) in [5, 5.41) is 25.4. The molecule has 0 saturated carbocycles. The zero-order valence-corrected chi connectivity index (χ0v) is 27.8. The molecule has 0 bridgehead atoms. The maximum Gasteiger partial charge on any atom is 0.130 e. The lowest BCUT2D eigenvalue weighted by Gasteiger charge is -2.32. The summed E-state index contributed by atoms with van der Waals surface area (Å²) in [6.45, 7) is 9.18. The average molecular weight is 632 g/mol. The van der Waals surface area contributed by atoms with Gasteiger partial charge in [-0.1, -0.05) is 148 Å². The van der Waals surface area contributed by atoms with Gasteiger partial charge < -0.3 is 10.2 Å². The van der Waals surface area contributed by atoms with Gasteiger partial charge in [-0.25, -0.2) is 0 Å². The monoisotopic (exact) mass is 630 g/mol. The van der Waals surface area contributed by atoms with Crippen LogP contribution in [0.3, 0.4) is 0 Å². The number of phenolic OH excluding ortho intramolecular Hbond substituents is 2. The largest absolute Gasteiger partial charge is 0.507 e. The molecule has 0 aromatic heterocycles. The summed E-state index contributed by atoms with van der Waals surface area (Å²) in [7, 11) is 0. The number of phenols is 2. The molecule has 2 nitrogen and oxygen atoms in total. The fourth-order valence-corrected chi connectivity index (χ4v) is 7.66. The molecule has 0 heterocycles. The molecule has 0 fully saturated rings. The van der Waals surface area contributed by atoms with Crippen LogP contribution in [0.2, 0.25) is 0 Å². The minimum absolute atomic E-state index is 0.203. The van der Waals surface area contributed by atoms with Gasteiger partial charge in [0.15, 0.2) is 0 Å². The number of rotatable bonds is 14. The molecule has 0 saturated heterocycles. The van der Waals surface area contributed by atoms with Crippen LogP contribution in [0.1, 0.15) is 125 Å². The van der Waals surface area contributed by atoms with Crippen molar-refractivity contribution in [1.29, 1.82) is 0 Å². The van der Waals surface area contributed by atoms with Crippen molar-refractivity contribution in [2.24, 2.45) is 11.8 Å². The van der Waals surface area contributed by atoms with Crippen molar-refractivity contribution < 1.29 is 10.2 Å². The second-order valence-corrected chi connectivity index (χ2v) is 13.2. The topological polar surface area (TPSA) is 40.5 Å². The van der Waals surface area contributed by atoms with E-state index < -0.39 is 0 Å². The van der Waals surface area contributed by atoms with Crippen LogP contribution in [0.15, 0.2) is 66.2 Å². The number of allylic oxidation sites excluding steroid dienone is 2. The Morgan fingerprint density at radius 2 is 1.38 bits per heavy atom. The summed E-state index contributed by atoms with van der Waals surface area (Å²) >= 11 is 3.77. The van der Waals surface area contributed by atoms with Gasteiger partial charge in [-0.05, 0) is 59.3 Å². The van der Waals surface area contributed by atoms with E-state index in [-0.39, 0.29) is 5.92 Å². The van der Waals surface area contributed by atoms with Crippen molar-refractivity contribution >= 4 is 21.5 Å². The van der Waals surface area contributed by atoms with E-state index in [1.165, 1.54) is 48.8 Å². The minimum Gasteiger partial charge on any atom is -0.507 e. The Balaban J connectivity index is 1.98. The van der Waals surface area contributed by atoms with Gasteiger partial charge in [-0.15, -0.1) is 0 Å². The summed E-state index contributed by atoms with van der Waals surface area (Å²) in [6.07, 6.45) is 11.5. The molecule has 3 aromatic rings. The second kappa shape index (κ2) is 15.8. The van der Waals surface area contributed by atoms with Crippen LogP contribution >= 0.6 is 15.9 Å². The standard InChI is InChI=1S/C39H51BrO2/c1-5-7-10-16-27(3)28(4)36-34(24-30-17-11-8-12-18-30)38(41)37(33-23-29(15-6-2)21-22-32(33)26-40)39(42)35(36)25-31-19-13-9-14-20-31/h8-9,11-14,17-20,27-29,41-42H,5-7,10,15-16,21-26H2,1-4H3. The van der Waals surface area contributed by atoms with Crippen molar-refractivity contribution in [1.82, 2.24) is 0 Å². The number of unbranched alkanes of at least 4 members (excludes halogenated alkanes) is 2. The van der Waals surface area contributed by atoms with Gasteiger partial charge in [-0.3, -0.25) is 0 Å². The van der Waals surface area contributed by atoms with Crippen LogP contribution in [0, 0.1) is 11.8 Å². The maximum absolute atomic E-state index is 12.3. The van der Waals surface area contributed by atoms with Crippen LogP contribution in [-0.2, 0) is 12.8 Å². The van der Waals surface area contributed by atoms with E-state index in [1.54, 1.807) is 0 Å². The SMILES string of the molecule is CCCCCC(C)C(C)c1c(Cc2ccccc2)c(O)c(C2=C(CBr)CCC(CCC)C2)c(O)c1Cc1ccccc1. The Kier molecular flexibility index (Phi) is 12.2. The molecule has 0 amide bonds. The quantitative estimate of drug-likeness (QED) is 0.137. The summed E-state index contributed by atoms with van der Waals surface area (Å²) in [5.41, 5.74) is 8.67. The van der Waals surface area contributed by atoms with Crippen LogP contribution in [0.25, 0.3) is 5.57 Å². The number of aromatic hydroxyl groups is 2. The number of alkyl halides is 1. The first-order valence-corrected chi connectivity index (χ1v) is 17.5. The van der Waals surface area contributed by atoms with E-state index in [0.29, 0.717) is 41.7 Å². The minimum atomic E-state index is 0.203. The van der Waals surface area contributed by atoms with Gasteiger partial charge in [0.1, 0.15) is 11.5 Å². The van der Waals surface area contributed by atoms with Gasteiger partial charge in [-0.2, -0.15) is 0 Å². The molecule has 226 valence electrons. The van der Waals surface area contributed by atoms with Gasteiger partial charge in [0.05, 0.1) is 5.56 Å². The molecular formula is C39H51BrO2. The lowest BCUT2D eigenvalue weighted by atomic mass is 9.74. The summed E-state index contributed by atoms with van der Waals surface area (Å²) in [4.78, 5) is 0. The number of halogens is 1. The van der Waals surface area contributed by atoms with Crippen LogP contribution in [-0.4, -0.2) is 15.5 Å². The highest BCUT2D eigenvalue weighted by atomic mass is 79.9. The Morgan fingerprint density at radius 1 is 0.810 bits per heavy atom. The normalized spacial score (nSPS) is 16.9. The highest BCUT2D eigenvalue weighted by molar-refractivity contribution is 9.09. The van der Waals surface area contributed by atoms with Gasteiger partial charge in [0.25, 0.3) is 0 Å². The molecule has 3 unspecified atom stereocenters. The molecule has 4 rings (SSSR count). The maximum atomic E-state index is 12.3. The first kappa shape index (κ1) is 32.4. The third-order valence-corrected chi connectivity index (χ3v) is 10.3. The smallest absolute Gasteiger partial charge is 0.130 e. The predicted molar refractivity (Wildman–Crippen MR) is 183 cm³/mol. The second-order valence-electron chi connectivity index (χ2n) is 12.6. The van der Waals surface area contributed by atoms with E-state index >= 15 is 0 Å². The highest BCUT2D eigenvalue weighted by Gasteiger charge is 2.32. The number of hydrogen-bond acceptors (Lipinski definition) is 2. The lowest BCUT2D eigenvalue weighted by molar-refractivity contribution is 0.407. The van der Waals surface area contributed by atoms with Crippen molar-refractivity contribution in [3.63, 3.8) is 0 Å². The van der Waals surface area contributed by atoms with E-state index in [9.17, 15) is 10.2 Å². The van der Waals surface area contributed by atoms with Gasteiger partial charge >= 0.3 is 0 Å². The zero-order valence-electron chi connectivity index (χ0n) is 26.3. The predicted octanol–water partition coefficient (Wildman–Crippen LogP) is 11.3. The third kappa shape index (κ3) is 7.70. The summed E-state index contributed by atoms with van der Waals surface area (Å²) < 4.78 is 0. The molecule has 2 N–H and O–H groups in total. The summed E-state index contributed by atoms with van der Waals surface area (Å²) in [6, 6.07) is 21.0. The first-order chi connectivity index (χ1) is 20.4. The molecule has 3 heteroatoms. The first-order valence-electron chi connectivity index (χ1n) is 16.3. The van der Waals surface area contributed by atoms with E-state index in [1.807, 2.05) is 0 Å². The molecular weight excluding hydrogens is 580 g/mol. The fourth-order valence-electron chi connectivity index (χ4n) is 7.04. The molecule has 1 aliphatic carbocycles. The van der Waals surface area contributed by atoms with E-state index in [2.05, 4.69) is 104 Å². The molecule has 42 heavy (non-hydrogen) atoms. The third-order valence-electron chi connectivity index (χ3n) is 9.65. The highest BCUT2D eigenvalue weighted by Crippen LogP contribution is 2.51. The zero-order chi connectivity index (χ0) is 30.1. The molecule has 0 radical (unpaired) electrons. The fraction of sp³-hybridized carbons (Fsp3) is 0.487. The van der Waals surface area contributed by atoms with Crippen LogP contribution in [0.5, 0.6) is 11.5 Å². The lowest BCUT2D eigenvalue weighted by Crippen LogP contribution is -2.16. The van der Waals surface area contributed by atoms with Crippen molar-refractivity contribution in [3.8, 4) is 11.5 Å². The Labute approximate surface area is 263 Å². The van der Waals surface area contributed by atoms with Crippen molar-refractivity contribution in [2.45, 2.75) is 104 Å². The molecule has 3 aromatic carbocycles. The van der Waals surface area contributed by atoms with Gasteiger partial charge in [0, 0.05) is 29.3 Å². The Hall–Kier alpha value is -2.52. The Morgan fingerprint density at radius 3 is 1.88 bits per heavy atom. The van der Waals surface area contributed by atoms with Gasteiger partial charge in [0.2, 0.25) is 0 Å². The molecule has 0 aliphatic heterocycles. The molecule has 3 atom stereocenters. The van der Waals surface area contributed by atoms with E-state index in [4.69, 9.17) is 0 Å². The van der Waals surface area contributed by atoms with Crippen molar-refractivity contribution in [2.75, 3.05) is 5.33 Å². The van der Waals surface area contributed by atoms with Crippen LogP contribution < -0.4 is 0 Å². The average Bonchev–Trinajstić information content (AvgIpc) is 3.01. The molecule has 1 aliphatic rings. The van der Waals surface area contributed by atoms with E-state index in [0.717, 1.165) is 53.3 Å². The Bertz CT molecular complexity index is 1240. The number of benzene rings is 3.